The Balaban J connectivity index is 2.84. The molecule has 2 aromatic rings. The van der Waals surface area contributed by atoms with E-state index in [1.807, 2.05) is 0 Å². The maximum Gasteiger partial charge on any atom is 0.341 e. The lowest BCUT2D eigenvalue weighted by atomic mass is 10.1. The number of hydrogen-bond donors (Lipinski definition) is 1. The van der Waals surface area contributed by atoms with Crippen LogP contribution in [0.2, 0.25) is 0 Å². The van der Waals surface area contributed by atoms with Gasteiger partial charge in [-0.3, -0.25) is 4.79 Å². The van der Waals surface area contributed by atoms with E-state index < -0.39 is 11.4 Å². The van der Waals surface area contributed by atoms with Crippen molar-refractivity contribution in [2.45, 2.75) is 6.54 Å². The lowest BCUT2D eigenvalue weighted by molar-refractivity contribution is 0.0695. The molecule has 1 heterocycles. The van der Waals surface area contributed by atoms with Gasteiger partial charge in [0.25, 0.3) is 0 Å². The summed E-state index contributed by atoms with van der Waals surface area (Å²) in [5.74, 6) is -1.22. The van der Waals surface area contributed by atoms with Gasteiger partial charge in [0.15, 0.2) is 0 Å². The van der Waals surface area contributed by atoms with Gasteiger partial charge in [0.05, 0.1) is 12.1 Å². The van der Waals surface area contributed by atoms with Crippen molar-refractivity contribution in [3.05, 3.63) is 57.3 Å². The van der Waals surface area contributed by atoms with Crippen molar-refractivity contribution in [2.75, 3.05) is 0 Å². The summed E-state index contributed by atoms with van der Waals surface area (Å²) < 4.78 is 2.39. The number of nitrogens with zero attached hydrogens (tertiary/aromatic N) is 1. The van der Waals surface area contributed by atoms with E-state index in [-0.39, 0.29) is 5.56 Å². The number of carboxylic acid groups (broad SMARTS) is 1. The Hall–Kier alpha value is -1.88. The fourth-order valence-corrected chi connectivity index (χ4v) is 2.08. The van der Waals surface area contributed by atoms with Gasteiger partial charge in [-0.1, -0.05) is 34.6 Å². The summed E-state index contributed by atoms with van der Waals surface area (Å²) in [4.78, 5) is 23.0. The third-order valence-corrected chi connectivity index (χ3v) is 2.81. The van der Waals surface area contributed by atoms with Crippen molar-refractivity contribution in [1.29, 1.82) is 0 Å². The Morgan fingerprint density at radius 1 is 1.39 bits per heavy atom. The molecule has 0 radical (unpaired) electrons. The number of fused-ring (bicyclic) bond motifs is 1. The van der Waals surface area contributed by atoms with Gasteiger partial charge in [-0.15, -0.1) is 0 Å². The highest BCUT2D eigenvalue weighted by Gasteiger charge is 2.13. The summed E-state index contributed by atoms with van der Waals surface area (Å²) >= 11 is 3.24. The third kappa shape index (κ3) is 2.22. The van der Waals surface area contributed by atoms with Crippen LogP contribution in [0.25, 0.3) is 10.9 Å². The Kier molecular flexibility index (Phi) is 3.34. The zero-order valence-corrected chi connectivity index (χ0v) is 11.0. The fraction of sp³-hybridized carbons (Fsp3) is 0.0769. The molecule has 0 atom stereocenters. The number of carboxylic acids is 1. The molecule has 1 aromatic heterocycles. The lowest BCUT2D eigenvalue weighted by Crippen LogP contribution is -2.18. The Labute approximate surface area is 111 Å². The van der Waals surface area contributed by atoms with Gasteiger partial charge in [-0.25, -0.2) is 4.79 Å². The van der Waals surface area contributed by atoms with E-state index in [9.17, 15) is 9.59 Å². The van der Waals surface area contributed by atoms with Crippen molar-refractivity contribution in [3.63, 3.8) is 0 Å². The maximum absolute atomic E-state index is 12.0. The van der Waals surface area contributed by atoms with Crippen molar-refractivity contribution >= 4 is 32.8 Å². The van der Waals surface area contributed by atoms with Crippen molar-refractivity contribution in [2.24, 2.45) is 0 Å². The number of allylic oxidation sites excluding steroid dienone is 1. The van der Waals surface area contributed by atoms with Gasteiger partial charge in [0.1, 0.15) is 5.56 Å². The summed E-state index contributed by atoms with van der Waals surface area (Å²) in [5, 5.41) is 9.43. The average Bonchev–Trinajstić information content (AvgIpc) is 2.32. The topological polar surface area (TPSA) is 59.3 Å². The fourth-order valence-electron chi connectivity index (χ4n) is 1.81. The maximum atomic E-state index is 12.0. The number of rotatable bonds is 3. The molecule has 4 nitrogen and oxygen atoms in total. The minimum Gasteiger partial charge on any atom is -0.477 e. The molecule has 1 aromatic carbocycles. The normalized spacial score (nSPS) is 10.5. The zero-order chi connectivity index (χ0) is 13.3. The third-order valence-electron chi connectivity index (χ3n) is 2.56. The summed E-state index contributed by atoms with van der Waals surface area (Å²) in [6.07, 6.45) is 1.35. The number of hydrogen-bond acceptors (Lipinski definition) is 2. The van der Waals surface area contributed by atoms with Gasteiger partial charge in [0.2, 0.25) is 5.43 Å². The molecule has 0 amide bonds. The van der Waals surface area contributed by atoms with Gasteiger partial charge in [-0.2, -0.15) is 0 Å². The largest absolute Gasteiger partial charge is 0.477 e. The minimum absolute atomic E-state index is 0.234. The summed E-state index contributed by atoms with van der Waals surface area (Å²) in [7, 11) is 0. The average molecular weight is 308 g/mol. The molecule has 0 spiro atoms. The second kappa shape index (κ2) is 4.78. The first-order valence-corrected chi connectivity index (χ1v) is 5.99. The van der Waals surface area contributed by atoms with Crippen LogP contribution in [0.3, 0.4) is 0 Å². The van der Waals surface area contributed by atoms with Crippen LogP contribution >= 0.6 is 15.9 Å². The molecule has 0 aliphatic carbocycles. The molecule has 0 fully saturated rings. The van der Waals surface area contributed by atoms with Crippen LogP contribution in [0.5, 0.6) is 0 Å². The Morgan fingerprint density at radius 3 is 2.67 bits per heavy atom. The van der Waals surface area contributed by atoms with Gasteiger partial charge in [0, 0.05) is 16.1 Å². The number of aromatic nitrogens is 1. The first-order valence-electron chi connectivity index (χ1n) is 5.19. The van der Waals surface area contributed by atoms with Gasteiger partial charge in [-0.05, 0) is 12.1 Å². The van der Waals surface area contributed by atoms with Crippen molar-refractivity contribution < 1.29 is 9.90 Å². The summed E-state index contributed by atoms with van der Waals surface area (Å²) in [5.41, 5.74) is -0.00918. The van der Waals surface area contributed by atoms with Crippen LogP contribution in [0.15, 0.2) is 46.3 Å². The van der Waals surface area contributed by atoms with E-state index in [0.29, 0.717) is 21.9 Å². The van der Waals surface area contributed by atoms with Crippen LogP contribution in [0.4, 0.5) is 0 Å². The molecular formula is C13H10BrNO3. The number of aromatic carboxylic acids is 1. The van der Waals surface area contributed by atoms with E-state index in [0.717, 1.165) is 0 Å². The molecule has 0 unspecified atom stereocenters. The number of benzene rings is 1. The quantitative estimate of drug-likeness (QED) is 0.948. The molecule has 2 rings (SSSR count). The molecule has 0 aliphatic heterocycles. The predicted molar refractivity (Wildman–Crippen MR) is 73.2 cm³/mol. The molecule has 0 saturated heterocycles. The molecular weight excluding hydrogens is 298 g/mol. The molecule has 0 aliphatic rings. The Bertz CT molecular complexity index is 703. The van der Waals surface area contributed by atoms with Crippen LogP contribution in [-0.4, -0.2) is 15.6 Å². The molecule has 0 saturated carbocycles. The van der Waals surface area contributed by atoms with E-state index in [4.69, 9.17) is 5.11 Å². The second-order valence-corrected chi connectivity index (χ2v) is 4.96. The standard InChI is InChI=1S/C13H10BrNO3/c1-8(14)6-15-7-10(13(17)18)12(16)9-4-2-3-5-11(9)15/h2-5,7H,1,6H2,(H,17,18). The van der Waals surface area contributed by atoms with Gasteiger partial charge >= 0.3 is 5.97 Å². The SMILES string of the molecule is C=C(Br)Cn1cc(C(=O)O)c(=O)c2ccccc21. The first kappa shape index (κ1) is 12.6. The van der Waals surface area contributed by atoms with E-state index in [2.05, 4.69) is 22.5 Å². The number of para-hydroxylation sites is 1. The summed E-state index contributed by atoms with van der Waals surface area (Å²) in [6.45, 7) is 4.13. The monoisotopic (exact) mass is 307 g/mol. The second-order valence-electron chi connectivity index (χ2n) is 3.84. The molecule has 5 heteroatoms. The van der Waals surface area contributed by atoms with Crippen molar-refractivity contribution in [1.82, 2.24) is 4.57 Å². The van der Waals surface area contributed by atoms with E-state index >= 15 is 0 Å². The van der Waals surface area contributed by atoms with Crippen LogP contribution in [0, 0.1) is 0 Å². The van der Waals surface area contributed by atoms with Crippen LogP contribution in [-0.2, 0) is 6.54 Å². The van der Waals surface area contributed by atoms with Crippen molar-refractivity contribution in [3.8, 4) is 0 Å². The highest BCUT2D eigenvalue weighted by Crippen LogP contribution is 2.15. The van der Waals surface area contributed by atoms with Crippen LogP contribution in [0.1, 0.15) is 10.4 Å². The smallest absolute Gasteiger partial charge is 0.341 e. The van der Waals surface area contributed by atoms with Gasteiger partial charge < -0.3 is 9.67 Å². The van der Waals surface area contributed by atoms with E-state index in [1.165, 1.54) is 6.20 Å². The van der Waals surface area contributed by atoms with E-state index in [1.54, 1.807) is 28.8 Å². The highest BCUT2D eigenvalue weighted by molar-refractivity contribution is 9.11. The predicted octanol–water partition coefficient (Wildman–Crippen LogP) is 2.61. The lowest BCUT2D eigenvalue weighted by Gasteiger charge is -2.11. The van der Waals surface area contributed by atoms with Crippen LogP contribution < -0.4 is 5.43 Å². The summed E-state index contributed by atoms with van der Waals surface area (Å²) in [6, 6.07) is 6.91. The Morgan fingerprint density at radius 2 is 2.06 bits per heavy atom. The highest BCUT2D eigenvalue weighted by atomic mass is 79.9. The molecule has 92 valence electrons. The zero-order valence-electron chi connectivity index (χ0n) is 9.39. The number of carbonyl (C=O) groups is 1. The molecule has 18 heavy (non-hydrogen) atoms. The first-order chi connectivity index (χ1) is 8.50. The number of halogens is 1. The minimum atomic E-state index is -1.22. The molecule has 0 bridgehead atoms. The molecule has 1 N–H and O–H groups in total. The number of pyridine rings is 1.